The first-order valence-electron chi connectivity index (χ1n) is 11.1. The number of hydrogen-bond acceptors (Lipinski definition) is 4. The molecule has 1 aliphatic heterocycles. The second-order valence-corrected chi connectivity index (χ2v) is 8.63. The maximum Gasteiger partial charge on any atom is 0.461 e. The molecule has 33 heavy (non-hydrogen) atoms. The lowest BCUT2D eigenvalue weighted by atomic mass is 9.85. The monoisotopic (exact) mass is 448 g/mol. The van der Waals surface area contributed by atoms with Crippen LogP contribution in [0.5, 0.6) is 0 Å². The summed E-state index contributed by atoms with van der Waals surface area (Å²) in [6.45, 7) is 16.0. The minimum atomic E-state index is -0.208. The lowest BCUT2D eigenvalue weighted by Gasteiger charge is -2.32. The Balaban J connectivity index is 0.000000249. The van der Waals surface area contributed by atoms with Gasteiger partial charge in [-0.15, -0.1) is 13.2 Å². The summed E-state index contributed by atoms with van der Waals surface area (Å²) in [6, 6.07) is 19.8. The zero-order chi connectivity index (χ0) is 24.7. The van der Waals surface area contributed by atoms with E-state index in [0.717, 1.165) is 18.3 Å². The van der Waals surface area contributed by atoms with Crippen molar-refractivity contribution >= 4 is 7.12 Å². The molecule has 0 spiro atoms. The van der Waals surface area contributed by atoms with Crippen molar-refractivity contribution in [2.45, 2.75) is 64.2 Å². The molecule has 1 fully saturated rings. The molecule has 0 aromatic heterocycles. The second kappa shape index (κ2) is 14.3. The summed E-state index contributed by atoms with van der Waals surface area (Å²) in [5, 5.41) is 3.42. The maximum atomic E-state index is 7.99. The predicted octanol–water partition coefficient (Wildman–Crippen LogP) is 7.02. The first-order chi connectivity index (χ1) is 15.7. The van der Waals surface area contributed by atoms with E-state index < -0.39 is 0 Å². The Morgan fingerprint density at radius 3 is 1.94 bits per heavy atom. The average molecular weight is 448 g/mol. The van der Waals surface area contributed by atoms with Crippen molar-refractivity contribution in [1.82, 2.24) is 0 Å². The fourth-order valence-electron chi connectivity index (χ4n) is 2.91. The van der Waals surface area contributed by atoms with E-state index in [1.165, 1.54) is 5.56 Å². The molecular formula is C26H37BN4O2. The van der Waals surface area contributed by atoms with Crippen molar-refractivity contribution in [3.05, 3.63) is 108 Å². The molecular weight excluding hydrogens is 411 g/mol. The fraction of sp³-hybridized carbons (Fsp3) is 0.385. The van der Waals surface area contributed by atoms with Crippen LogP contribution in [0.1, 0.15) is 51.3 Å². The van der Waals surface area contributed by atoms with Gasteiger partial charge in [0.05, 0.1) is 17.7 Å². The molecule has 0 amide bonds. The second-order valence-electron chi connectivity index (χ2n) is 8.63. The Kier molecular flexibility index (Phi) is 12.3. The highest BCUT2D eigenvalue weighted by molar-refractivity contribution is 6.46. The van der Waals surface area contributed by atoms with Crippen LogP contribution < -0.4 is 5.73 Å². The van der Waals surface area contributed by atoms with Gasteiger partial charge in [0.15, 0.2) is 0 Å². The smallest absolute Gasteiger partial charge is 0.403 e. The number of azide groups is 1. The van der Waals surface area contributed by atoms with E-state index in [4.69, 9.17) is 20.6 Å². The zero-order valence-corrected chi connectivity index (χ0v) is 20.4. The van der Waals surface area contributed by atoms with Crippen LogP contribution in [0.3, 0.4) is 0 Å². The van der Waals surface area contributed by atoms with Gasteiger partial charge in [0, 0.05) is 17.3 Å². The van der Waals surface area contributed by atoms with Gasteiger partial charge < -0.3 is 15.0 Å². The first kappa shape index (κ1) is 28.2. The van der Waals surface area contributed by atoms with Gasteiger partial charge >= 0.3 is 7.12 Å². The summed E-state index contributed by atoms with van der Waals surface area (Å²) < 4.78 is 11.4. The van der Waals surface area contributed by atoms with E-state index in [0.29, 0.717) is 6.54 Å². The van der Waals surface area contributed by atoms with Crippen LogP contribution in [0.4, 0.5) is 0 Å². The molecule has 2 aromatic rings. The van der Waals surface area contributed by atoms with E-state index in [2.05, 4.69) is 50.9 Å². The van der Waals surface area contributed by atoms with Gasteiger partial charge in [-0.05, 0) is 50.8 Å². The van der Waals surface area contributed by atoms with Crippen LogP contribution >= 0.6 is 0 Å². The third-order valence-electron chi connectivity index (χ3n) is 5.47. The zero-order valence-electron chi connectivity index (χ0n) is 20.4. The molecule has 0 aliphatic carbocycles. The van der Waals surface area contributed by atoms with E-state index in [1.807, 2.05) is 72.8 Å². The topological polar surface area (TPSA) is 93.2 Å². The van der Waals surface area contributed by atoms with Gasteiger partial charge in [0.2, 0.25) is 0 Å². The number of allylic oxidation sites excluding steroid dienone is 1. The molecule has 176 valence electrons. The molecule has 1 heterocycles. The molecule has 1 saturated heterocycles. The highest BCUT2D eigenvalue weighted by Gasteiger charge is 2.50. The van der Waals surface area contributed by atoms with Crippen molar-refractivity contribution < 1.29 is 9.31 Å². The molecule has 0 radical (unpaired) electrons. The van der Waals surface area contributed by atoms with Crippen molar-refractivity contribution in [1.29, 1.82) is 0 Å². The third-order valence-corrected chi connectivity index (χ3v) is 5.47. The van der Waals surface area contributed by atoms with E-state index >= 15 is 0 Å². The Labute approximate surface area is 199 Å². The van der Waals surface area contributed by atoms with Crippen molar-refractivity contribution in [2.24, 2.45) is 10.8 Å². The van der Waals surface area contributed by atoms with Gasteiger partial charge in [0.25, 0.3) is 0 Å². The maximum absolute atomic E-state index is 7.99. The normalized spacial score (nSPS) is 16.1. The Morgan fingerprint density at radius 1 is 0.970 bits per heavy atom. The van der Waals surface area contributed by atoms with Crippen LogP contribution in [-0.4, -0.2) is 18.3 Å². The Morgan fingerprint density at radius 2 is 1.48 bits per heavy atom. The molecule has 2 N–H and O–H groups in total. The minimum absolute atomic E-state index is 0.105. The molecule has 1 atom stereocenters. The van der Waals surface area contributed by atoms with E-state index in [1.54, 1.807) is 0 Å². The summed E-state index contributed by atoms with van der Waals surface area (Å²) in [7, 11) is -0.118. The number of hydrogen-bond donors (Lipinski definition) is 1. The van der Waals surface area contributed by atoms with Gasteiger partial charge in [-0.2, -0.15) is 0 Å². The van der Waals surface area contributed by atoms with Crippen LogP contribution in [0.2, 0.25) is 6.32 Å². The molecule has 3 rings (SSSR count). The van der Waals surface area contributed by atoms with Crippen LogP contribution in [0, 0.1) is 0 Å². The molecule has 0 saturated carbocycles. The molecule has 1 unspecified atom stereocenters. The first-order valence-corrected chi connectivity index (χ1v) is 11.1. The molecule has 6 nitrogen and oxygen atoms in total. The molecule has 2 aromatic carbocycles. The number of benzene rings is 2. The third kappa shape index (κ3) is 10.1. The Bertz CT molecular complexity index is 866. The van der Waals surface area contributed by atoms with Gasteiger partial charge in [-0.1, -0.05) is 77.9 Å². The summed E-state index contributed by atoms with van der Waals surface area (Å²) in [6.07, 6.45) is 5.26. The lowest BCUT2D eigenvalue weighted by Crippen LogP contribution is -2.41. The van der Waals surface area contributed by atoms with Crippen LogP contribution in [-0.2, 0) is 15.9 Å². The number of nitrogens with two attached hydrogens (primary N) is 1. The average Bonchev–Trinajstić information content (AvgIpc) is 3.00. The predicted molar refractivity (Wildman–Crippen MR) is 139 cm³/mol. The van der Waals surface area contributed by atoms with Crippen molar-refractivity contribution in [3.8, 4) is 0 Å². The van der Waals surface area contributed by atoms with E-state index in [9.17, 15) is 0 Å². The summed E-state index contributed by atoms with van der Waals surface area (Å²) in [4.78, 5) is 2.66. The summed E-state index contributed by atoms with van der Waals surface area (Å²) >= 11 is 0. The van der Waals surface area contributed by atoms with Gasteiger partial charge in [0.1, 0.15) is 0 Å². The minimum Gasteiger partial charge on any atom is -0.403 e. The van der Waals surface area contributed by atoms with Gasteiger partial charge in [-0.3, -0.25) is 0 Å². The van der Waals surface area contributed by atoms with Crippen molar-refractivity contribution in [3.63, 3.8) is 0 Å². The number of rotatable bonds is 7. The molecule has 7 heteroatoms. The SMILES string of the molecule is C=CCB1OC(C)(C)C(C)(C)O1.C=CCC(N)c1ccccc1.[N-]=[N+]=NCc1ccccc1. The molecule has 1 aliphatic rings. The standard InChI is InChI=1S/C10H13N.C9H17BO2.C7H7N3/c1-2-6-10(11)9-7-4-3-5-8-9;1-6-7-10-11-8(2,3)9(4,5)12-10;8-10-9-6-7-4-2-1-3-5-7/h2-5,7-8,10H,1,6,11H2;6H,1,7H2,2-5H3;1-5H,6H2. The quantitative estimate of drug-likeness (QED) is 0.162. The van der Waals surface area contributed by atoms with Gasteiger partial charge in [-0.25, -0.2) is 0 Å². The summed E-state index contributed by atoms with van der Waals surface area (Å²) in [5.74, 6) is 0. The largest absolute Gasteiger partial charge is 0.461 e. The Hall–Kier alpha value is -2.83. The lowest BCUT2D eigenvalue weighted by molar-refractivity contribution is 0.00578. The molecule has 0 bridgehead atoms. The van der Waals surface area contributed by atoms with Crippen molar-refractivity contribution in [2.75, 3.05) is 0 Å². The fourth-order valence-corrected chi connectivity index (χ4v) is 2.91. The number of nitrogens with zero attached hydrogens (tertiary/aromatic N) is 3. The summed E-state index contributed by atoms with van der Waals surface area (Å²) in [5.41, 5.74) is 15.6. The van der Waals surface area contributed by atoms with Crippen LogP contribution in [0.15, 0.2) is 91.1 Å². The van der Waals surface area contributed by atoms with E-state index in [-0.39, 0.29) is 24.4 Å². The van der Waals surface area contributed by atoms with Crippen LogP contribution in [0.25, 0.3) is 10.4 Å². The highest BCUT2D eigenvalue weighted by Crippen LogP contribution is 2.37. The highest BCUT2D eigenvalue weighted by atomic mass is 16.7.